The summed E-state index contributed by atoms with van der Waals surface area (Å²) in [7, 11) is 0. The number of hydrogen-bond acceptors (Lipinski definition) is 6. The summed E-state index contributed by atoms with van der Waals surface area (Å²) in [4.78, 5) is 30.7. The number of piperidine rings is 1. The van der Waals surface area contributed by atoms with E-state index in [1.165, 1.54) is 6.20 Å². The van der Waals surface area contributed by atoms with Crippen LogP contribution in [0.1, 0.15) is 29.0 Å². The molecular weight excluding hydrogens is 294 g/mol. The molecule has 1 fully saturated rings. The predicted octanol–water partition coefficient (Wildman–Crippen LogP) is 1.51. The SMILES string of the molecule is Cc1cnc(C(=O)N2CCCC(COc3ncccn3)C2)cn1. The first-order valence-corrected chi connectivity index (χ1v) is 7.70. The minimum absolute atomic E-state index is 0.0711. The lowest BCUT2D eigenvalue weighted by Crippen LogP contribution is -2.42. The van der Waals surface area contributed by atoms with Crippen molar-refractivity contribution in [3.8, 4) is 6.01 Å². The number of rotatable bonds is 4. The summed E-state index contributed by atoms with van der Waals surface area (Å²) in [6, 6.07) is 2.12. The lowest BCUT2D eigenvalue weighted by atomic mass is 9.99. The van der Waals surface area contributed by atoms with Crippen LogP contribution < -0.4 is 4.74 Å². The summed E-state index contributed by atoms with van der Waals surface area (Å²) >= 11 is 0. The van der Waals surface area contributed by atoms with Crippen molar-refractivity contribution < 1.29 is 9.53 Å². The van der Waals surface area contributed by atoms with Gasteiger partial charge in [-0.05, 0) is 25.8 Å². The molecule has 120 valence electrons. The van der Waals surface area contributed by atoms with Gasteiger partial charge in [0, 0.05) is 37.6 Å². The topological polar surface area (TPSA) is 81.1 Å². The molecular formula is C16H19N5O2. The summed E-state index contributed by atoms with van der Waals surface area (Å²) in [5, 5.41) is 0. The van der Waals surface area contributed by atoms with Crippen LogP contribution in [0.25, 0.3) is 0 Å². The average molecular weight is 313 g/mol. The van der Waals surface area contributed by atoms with Gasteiger partial charge in [0.1, 0.15) is 5.69 Å². The molecule has 7 nitrogen and oxygen atoms in total. The number of carbonyl (C=O) groups excluding carboxylic acids is 1. The Bertz CT molecular complexity index is 647. The molecule has 1 aliphatic heterocycles. The Hall–Kier alpha value is -2.57. The van der Waals surface area contributed by atoms with Crippen molar-refractivity contribution in [1.29, 1.82) is 0 Å². The van der Waals surface area contributed by atoms with E-state index in [4.69, 9.17) is 4.74 Å². The monoisotopic (exact) mass is 313 g/mol. The number of hydrogen-bond donors (Lipinski definition) is 0. The Balaban J connectivity index is 1.57. The predicted molar refractivity (Wildman–Crippen MR) is 82.9 cm³/mol. The van der Waals surface area contributed by atoms with Crippen LogP contribution in [0.3, 0.4) is 0 Å². The number of carbonyl (C=O) groups is 1. The molecule has 0 spiro atoms. The maximum absolute atomic E-state index is 12.5. The molecule has 1 saturated heterocycles. The van der Waals surface area contributed by atoms with Crippen LogP contribution in [0, 0.1) is 12.8 Å². The lowest BCUT2D eigenvalue weighted by molar-refractivity contribution is 0.0622. The van der Waals surface area contributed by atoms with Crippen LogP contribution in [0.5, 0.6) is 6.01 Å². The summed E-state index contributed by atoms with van der Waals surface area (Å²) in [6.45, 7) is 3.75. The first-order valence-electron chi connectivity index (χ1n) is 7.70. The van der Waals surface area contributed by atoms with Crippen molar-refractivity contribution in [3.63, 3.8) is 0 Å². The molecule has 0 saturated carbocycles. The van der Waals surface area contributed by atoms with E-state index < -0.39 is 0 Å². The van der Waals surface area contributed by atoms with Crippen LogP contribution in [-0.4, -0.2) is 50.4 Å². The van der Waals surface area contributed by atoms with E-state index in [1.54, 1.807) is 24.7 Å². The Morgan fingerprint density at radius 3 is 2.83 bits per heavy atom. The molecule has 3 rings (SSSR count). The maximum Gasteiger partial charge on any atom is 0.316 e. The normalized spacial score (nSPS) is 17.8. The van der Waals surface area contributed by atoms with E-state index in [0.29, 0.717) is 24.9 Å². The van der Waals surface area contributed by atoms with Crippen LogP contribution in [0.2, 0.25) is 0 Å². The third kappa shape index (κ3) is 4.00. The van der Waals surface area contributed by atoms with Gasteiger partial charge in [0.2, 0.25) is 0 Å². The average Bonchev–Trinajstić information content (AvgIpc) is 2.61. The fourth-order valence-corrected chi connectivity index (χ4v) is 2.60. The van der Waals surface area contributed by atoms with Crippen LogP contribution in [0.4, 0.5) is 0 Å². The lowest BCUT2D eigenvalue weighted by Gasteiger charge is -2.32. The van der Waals surface area contributed by atoms with E-state index in [0.717, 1.165) is 25.1 Å². The van der Waals surface area contributed by atoms with Crippen molar-refractivity contribution in [3.05, 3.63) is 42.2 Å². The smallest absolute Gasteiger partial charge is 0.316 e. The third-order valence-corrected chi connectivity index (χ3v) is 3.80. The summed E-state index contributed by atoms with van der Waals surface area (Å²) in [5.41, 5.74) is 1.19. The number of nitrogens with zero attached hydrogens (tertiary/aromatic N) is 5. The molecule has 0 N–H and O–H groups in total. The minimum atomic E-state index is -0.0711. The molecule has 0 aromatic carbocycles. The molecule has 0 radical (unpaired) electrons. The highest BCUT2D eigenvalue weighted by Gasteiger charge is 2.26. The maximum atomic E-state index is 12.5. The van der Waals surface area contributed by atoms with Gasteiger partial charge >= 0.3 is 6.01 Å². The molecule has 3 heterocycles. The van der Waals surface area contributed by atoms with Crippen LogP contribution in [0.15, 0.2) is 30.9 Å². The molecule has 1 unspecified atom stereocenters. The molecule has 1 aliphatic rings. The molecule has 2 aromatic rings. The quantitative estimate of drug-likeness (QED) is 0.851. The first-order chi connectivity index (χ1) is 11.2. The highest BCUT2D eigenvalue weighted by molar-refractivity contribution is 5.92. The van der Waals surface area contributed by atoms with Gasteiger partial charge in [0.25, 0.3) is 5.91 Å². The van der Waals surface area contributed by atoms with Gasteiger partial charge < -0.3 is 9.64 Å². The van der Waals surface area contributed by atoms with Crippen molar-refractivity contribution in [2.45, 2.75) is 19.8 Å². The van der Waals surface area contributed by atoms with E-state index >= 15 is 0 Å². The van der Waals surface area contributed by atoms with E-state index in [2.05, 4.69) is 19.9 Å². The highest BCUT2D eigenvalue weighted by atomic mass is 16.5. The standard InChI is InChI=1S/C16H19N5O2/c1-12-8-20-14(9-19-12)15(22)21-7-2-4-13(10-21)11-23-16-17-5-3-6-18-16/h3,5-6,8-9,13H,2,4,7,10-11H2,1H3. The largest absolute Gasteiger partial charge is 0.463 e. The number of amides is 1. The molecule has 7 heteroatoms. The van der Waals surface area contributed by atoms with Crippen LogP contribution in [-0.2, 0) is 0 Å². The van der Waals surface area contributed by atoms with Crippen molar-refractivity contribution >= 4 is 5.91 Å². The minimum Gasteiger partial charge on any atom is -0.463 e. The first kappa shape index (κ1) is 15.3. The third-order valence-electron chi connectivity index (χ3n) is 3.80. The zero-order valence-electron chi connectivity index (χ0n) is 13.1. The summed E-state index contributed by atoms with van der Waals surface area (Å²) in [5.74, 6) is 0.202. The van der Waals surface area contributed by atoms with Crippen molar-refractivity contribution in [2.24, 2.45) is 5.92 Å². The highest BCUT2D eigenvalue weighted by Crippen LogP contribution is 2.18. The number of aromatic nitrogens is 4. The van der Waals surface area contributed by atoms with Gasteiger partial charge in [-0.2, -0.15) is 0 Å². The van der Waals surface area contributed by atoms with Crippen molar-refractivity contribution in [2.75, 3.05) is 19.7 Å². The fourth-order valence-electron chi connectivity index (χ4n) is 2.60. The van der Waals surface area contributed by atoms with Crippen LogP contribution >= 0.6 is 0 Å². The van der Waals surface area contributed by atoms with Gasteiger partial charge in [-0.1, -0.05) is 0 Å². The van der Waals surface area contributed by atoms with Gasteiger partial charge in [-0.25, -0.2) is 15.0 Å². The summed E-state index contributed by atoms with van der Waals surface area (Å²) < 4.78 is 5.61. The molecule has 1 amide bonds. The second-order valence-corrected chi connectivity index (χ2v) is 5.64. The number of likely N-dealkylation sites (tertiary alicyclic amines) is 1. The molecule has 0 bridgehead atoms. The van der Waals surface area contributed by atoms with Gasteiger partial charge in [-0.15, -0.1) is 0 Å². The Labute approximate surface area is 134 Å². The zero-order chi connectivity index (χ0) is 16.1. The molecule has 1 atom stereocenters. The second-order valence-electron chi connectivity index (χ2n) is 5.64. The van der Waals surface area contributed by atoms with E-state index in [9.17, 15) is 4.79 Å². The van der Waals surface area contributed by atoms with E-state index in [-0.39, 0.29) is 11.8 Å². The van der Waals surface area contributed by atoms with Gasteiger partial charge in [0.05, 0.1) is 18.5 Å². The fraction of sp³-hybridized carbons (Fsp3) is 0.438. The second kappa shape index (κ2) is 7.13. The molecule has 0 aliphatic carbocycles. The van der Waals surface area contributed by atoms with Gasteiger partial charge in [0.15, 0.2) is 0 Å². The number of ether oxygens (including phenoxy) is 1. The Kier molecular flexibility index (Phi) is 4.75. The van der Waals surface area contributed by atoms with E-state index in [1.807, 2.05) is 11.8 Å². The Morgan fingerprint density at radius 2 is 2.09 bits per heavy atom. The molecule has 23 heavy (non-hydrogen) atoms. The summed E-state index contributed by atoms with van der Waals surface area (Å²) in [6.07, 6.45) is 8.43. The zero-order valence-corrected chi connectivity index (χ0v) is 13.1. The Morgan fingerprint density at radius 1 is 1.26 bits per heavy atom. The number of aryl methyl sites for hydroxylation is 1. The van der Waals surface area contributed by atoms with Gasteiger partial charge in [-0.3, -0.25) is 9.78 Å². The van der Waals surface area contributed by atoms with Crippen molar-refractivity contribution in [1.82, 2.24) is 24.8 Å². The molecule has 2 aromatic heterocycles.